The second-order valence-electron chi connectivity index (χ2n) is 14.3. The average molecular weight is 796 g/mol. The molecule has 4 aliphatic rings. The van der Waals surface area contributed by atoms with Gasteiger partial charge in [0.05, 0.1) is 12.3 Å². The largest absolute Gasteiger partial charge is 0.508 e. The van der Waals surface area contributed by atoms with Crippen LogP contribution < -0.4 is 25.2 Å². The van der Waals surface area contributed by atoms with E-state index in [1.807, 2.05) is 74.5 Å². The summed E-state index contributed by atoms with van der Waals surface area (Å²) in [4.78, 5) is 39.2. The number of phenolic OH excluding ortho intramolecular Hbond substituents is 1. The van der Waals surface area contributed by atoms with Gasteiger partial charge in [-0.05, 0) is 85.5 Å². The smallest absolute Gasteiger partial charge is 0.251 e. The molecule has 4 aromatic rings. The van der Waals surface area contributed by atoms with Gasteiger partial charge < -0.3 is 35.1 Å². The number of piperidine rings is 1. The Morgan fingerprint density at radius 3 is 2.22 bits per heavy atom. The first-order valence-electron chi connectivity index (χ1n) is 20.8. The number of amides is 2. The van der Waals surface area contributed by atoms with Crippen LogP contribution in [0.4, 0.5) is 15.8 Å². The van der Waals surface area contributed by atoms with Gasteiger partial charge in [-0.25, -0.2) is 4.39 Å². The van der Waals surface area contributed by atoms with Crippen LogP contribution in [-0.2, 0) is 22.6 Å². The molecule has 2 amide bonds. The van der Waals surface area contributed by atoms with Gasteiger partial charge in [0.2, 0.25) is 5.91 Å². The molecule has 2 fully saturated rings. The minimum Gasteiger partial charge on any atom is -0.508 e. The molecule has 0 spiro atoms. The van der Waals surface area contributed by atoms with Crippen LogP contribution in [-0.4, -0.2) is 87.6 Å². The monoisotopic (exact) mass is 795 g/mol. The van der Waals surface area contributed by atoms with Gasteiger partial charge >= 0.3 is 0 Å². The molecule has 0 unspecified atom stereocenters. The van der Waals surface area contributed by atoms with E-state index >= 15 is 0 Å². The first kappa shape index (κ1) is 45.3. The minimum absolute atomic E-state index is 0.00292. The summed E-state index contributed by atoms with van der Waals surface area (Å²) in [6, 6.07) is 30.6. The second kappa shape index (κ2) is 25.0. The maximum atomic E-state index is 14.0. The highest BCUT2D eigenvalue weighted by Gasteiger charge is 2.26. The van der Waals surface area contributed by atoms with Crippen molar-refractivity contribution in [3.63, 3.8) is 0 Å². The normalized spacial score (nSPS) is 15.7. The molecule has 2 saturated heterocycles. The van der Waals surface area contributed by atoms with Crippen LogP contribution in [0, 0.1) is 11.7 Å². The fourth-order valence-corrected chi connectivity index (χ4v) is 7.22. The van der Waals surface area contributed by atoms with Gasteiger partial charge in [-0.1, -0.05) is 68.4 Å². The molecule has 11 heteroatoms. The fraction of sp³-hybridized carbons (Fsp3) is 0.426. The number of rotatable bonds is 8. The number of anilines is 2. The summed E-state index contributed by atoms with van der Waals surface area (Å²) < 4.78 is 19.4. The molecule has 10 nitrogen and oxygen atoms in total. The van der Waals surface area contributed by atoms with E-state index in [0.29, 0.717) is 31.7 Å². The highest BCUT2D eigenvalue weighted by molar-refractivity contribution is 5.98. The summed E-state index contributed by atoms with van der Waals surface area (Å²) in [5, 5.41) is 14.5. The first-order valence-corrected chi connectivity index (χ1v) is 20.8. The minimum atomic E-state index is -0.112. The first-order chi connectivity index (χ1) is 28.3. The van der Waals surface area contributed by atoms with E-state index in [2.05, 4.69) is 37.5 Å². The number of halogens is 1. The van der Waals surface area contributed by atoms with Crippen molar-refractivity contribution in [2.24, 2.45) is 5.92 Å². The lowest BCUT2D eigenvalue weighted by Gasteiger charge is -2.40. The van der Waals surface area contributed by atoms with Gasteiger partial charge in [-0.3, -0.25) is 14.5 Å². The number of carbonyl (C=O) groups excluding carboxylic acids is 3. The number of aryl methyl sites for hydroxylation is 1. The summed E-state index contributed by atoms with van der Waals surface area (Å²) >= 11 is 0. The van der Waals surface area contributed by atoms with E-state index in [0.717, 1.165) is 107 Å². The van der Waals surface area contributed by atoms with E-state index in [1.54, 1.807) is 31.3 Å². The maximum Gasteiger partial charge on any atom is 0.251 e. The summed E-state index contributed by atoms with van der Waals surface area (Å²) in [6.07, 6.45) is 6.81. The van der Waals surface area contributed by atoms with E-state index in [-0.39, 0.29) is 23.4 Å². The number of aldehydes is 1. The van der Waals surface area contributed by atoms with Crippen molar-refractivity contribution in [3.05, 3.63) is 120 Å². The number of unbranched alkanes of at least 4 members (excludes halogenated alkanes) is 1. The molecule has 4 aliphatic heterocycles. The molecule has 0 radical (unpaired) electrons. The quantitative estimate of drug-likeness (QED) is 0.123. The number of nitrogens with one attached hydrogen (secondary N) is 2. The molecule has 0 aliphatic carbocycles. The number of fused-ring (bicyclic) bond motifs is 2. The van der Waals surface area contributed by atoms with Crippen molar-refractivity contribution in [1.29, 1.82) is 0 Å². The Bertz CT molecular complexity index is 1800. The number of carbonyl (C=O) groups is 3. The molecule has 4 aromatic carbocycles. The third-order valence-electron chi connectivity index (χ3n) is 10.4. The van der Waals surface area contributed by atoms with Gasteiger partial charge in [0, 0.05) is 89.6 Å². The van der Waals surface area contributed by atoms with Crippen LogP contribution in [0.2, 0.25) is 0 Å². The Balaban J connectivity index is 0.000000215. The van der Waals surface area contributed by atoms with Crippen LogP contribution in [0.5, 0.6) is 11.5 Å². The molecule has 0 aromatic heterocycles. The number of para-hydroxylation sites is 1. The number of benzene rings is 4. The van der Waals surface area contributed by atoms with Crippen molar-refractivity contribution in [1.82, 2.24) is 15.5 Å². The second-order valence-corrected chi connectivity index (χ2v) is 14.3. The van der Waals surface area contributed by atoms with Crippen LogP contribution in [0.3, 0.4) is 0 Å². The molecular weight excluding hydrogens is 734 g/mol. The van der Waals surface area contributed by atoms with E-state index in [9.17, 15) is 18.8 Å². The van der Waals surface area contributed by atoms with E-state index in [1.165, 1.54) is 11.3 Å². The molecule has 4 heterocycles. The molecule has 312 valence electrons. The lowest BCUT2D eigenvalue weighted by Crippen LogP contribution is -2.49. The molecular formula is C47H62FN5O5. The van der Waals surface area contributed by atoms with Crippen molar-refractivity contribution in [2.75, 3.05) is 69.3 Å². The SMILES string of the molecule is CC.CNC(=O)CCCC=O.O=C1NCc2cc(N3CCN(CC4CCN(c5ccccc5F)CC4)CC3)ccc21.Oc1ccc2c(c1)OCCC2.c1ccccc1. The Morgan fingerprint density at radius 1 is 0.879 bits per heavy atom. The van der Waals surface area contributed by atoms with Crippen molar-refractivity contribution in [2.45, 2.75) is 65.3 Å². The van der Waals surface area contributed by atoms with Gasteiger partial charge in [-0.15, -0.1) is 0 Å². The zero-order valence-corrected chi connectivity index (χ0v) is 34.5. The van der Waals surface area contributed by atoms with Crippen LogP contribution in [0.1, 0.15) is 73.9 Å². The van der Waals surface area contributed by atoms with Crippen molar-refractivity contribution in [3.8, 4) is 11.5 Å². The number of ether oxygens (including phenoxy) is 1. The lowest BCUT2D eigenvalue weighted by atomic mass is 9.95. The van der Waals surface area contributed by atoms with Crippen LogP contribution in [0.25, 0.3) is 0 Å². The summed E-state index contributed by atoms with van der Waals surface area (Å²) in [5.41, 5.74) is 5.11. The highest BCUT2D eigenvalue weighted by Crippen LogP contribution is 2.29. The number of nitrogens with zero attached hydrogens (tertiary/aromatic N) is 3. The molecule has 0 atom stereocenters. The van der Waals surface area contributed by atoms with Crippen LogP contribution in [0.15, 0.2) is 97.1 Å². The Kier molecular flexibility index (Phi) is 19.6. The lowest BCUT2D eigenvalue weighted by molar-refractivity contribution is -0.120. The third kappa shape index (κ3) is 14.5. The van der Waals surface area contributed by atoms with Crippen LogP contribution >= 0.6 is 0 Å². The Morgan fingerprint density at radius 2 is 1.57 bits per heavy atom. The predicted octanol–water partition coefficient (Wildman–Crippen LogP) is 7.64. The summed E-state index contributed by atoms with van der Waals surface area (Å²) in [6.45, 7) is 12.6. The Hall–Kier alpha value is -5.42. The maximum absolute atomic E-state index is 14.0. The van der Waals surface area contributed by atoms with Gasteiger partial charge in [0.25, 0.3) is 5.91 Å². The Labute approximate surface area is 344 Å². The zero-order valence-electron chi connectivity index (χ0n) is 34.5. The zero-order chi connectivity index (χ0) is 41.5. The molecule has 3 N–H and O–H groups in total. The summed E-state index contributed by atoms with van der Waals surface area (Å²) in [5.74, 6) is 1.75. The number of hydrogen-bond acceptors (Lipinski definition) is 8. The summed E-state index contributed by atoms with van der Waals surface area (Å²) in [7, 11) is 1.59. The van der Waals surface area contributed by atoms with E-state index < -0.39 is 0 Å². The average Bonchev–Trinajstić information content (AvgIpc) is 3.65. The van der Waals surface area contributed by atoms with Crippen molar-refractivity contribution >= 4 is 29.5 Å². The van der Waals surface area contributed by atoms with Gasteiger partial charge in [-0.2, -0.15) is 0 Å². The highest BCUT2D eigenvalue weighted by atomic mass is 19.1. The third-order valence-corrected chi connectivity index (χ3v) is 10.4. The topological polar surface area (TPSA) is 114 Å². The molecule has 0 bridgehead atoms. The fourth-order valence-electron chi connectivity index (χ4n) is 7.22. The number of phenols is 1. The number of hydrogen-bond donors (Lipinski definition) is 3. The standard InChI is InChI=1S/C24H29FN4O.C9H10O2.C6H11NO2.C6H6.C2H6/c25-22-3-1-2-4-23(22)29-9-7-18(8-10-29)17-27-11-13-28(14-12-27)20-5-6-21-19(15-20)16-26-24(21)30;10-8-4-3-7-2-1-5-11-9(7)6-8;1-7-6(9)4-2-3-5-8;1-2-4-6-5-3-1;1-2/h1-6,15,18H,7-14,16-17H2,(H,26,30);3-4,6,10H,1-2,5H2;5H,2-4H2,1H3,(H,7,9);1-6H;1-2H3. The van der Waals surface area contributed by atoms with Crippen molar-refractivity contribution < 1.29 is 28.6 Å². The number of piperazine rings is 1. The van der Waals surface area contributed by atoms with Gasteiger partial charge in [0.1, 0.15) is 23.6 Å². The molecule has 8 rings (SSSR count). The predicted molar refractivity (Wildman–Crippen MR) is 231 cm³/mol. The number of aromatic hydroxyl groups is 1. The van der Waals surface area contributed by atoms with E-state index in [4.69, 9.17) is 9.84 Å². The molecule has 0 saturated carbocycles. The molecule has 58 heavy (non-hydrogen) atoms. The van der Waals surface area contributed by atoms with Gasteiger partial charge in [0.15, 0.2) is 0 Å².